The van der Waals surface area contributed by atoms with E-state index in [1.54, 1.807) is 0 Å². The Morgan fingerprint density at radius 3 is 2.44 bits per heavy atom. The van der Waals surface area contributed by atoms with Crippen LogP contribution in [0.15, 0.2) is 56.9 Å². The highest BCUT2D eigenvalue weighted by molar-refractivity contribution is 7.90. The number of H-pyrrole nitrogens is 2. The third-order valence-corrected chi connectivity index (χ3v) is 5.75. The molecule has 2 aromatic carbocycles. The highest BCUT2D eigenvalue weighted by Gasteiger charge is 2.23. The number of benzene rings is 2. The SMILES string of the molecule is O=c1[nH]c2cc(Cl)ccc2c(=O)n1S(=O)(=O)c1ccc(-c2nnn[nH]2)cc1. The Bertz CT molecular complexity index is 1370. The van der Waals surface area contributed by atoms with Crippen molar-refractivity contribution in [1.82, 2.24) is 29.6 Å². The summed E-state index contributed by atoms with van der Waals surface area (Å²) in [7, 11) is -4.42. The topological polar surface area (TPSA) is 143 Å². The molecule has 2 heterocycles. The van der Waals surface area contributed by atoms with Gasteiger partial charge in [-0.1, -0.05) is 11.6 Å². The van der Waals surface area contributed by atoms with Gasteiger partial charge in [0.1, 0.15) is 0 Å². The summed E-state index contributed by atoms with van der Waals surface area (Å²) in [6, 6.07) is 9.57. The van der Waals surface area contributed by atoms with Crippen LogP contribution in [0.2, 0.25) is 5.02 Å². The van der Waals surface area contributed by atoms with Gasteiger partial charge in [-0.2, -0.15) is 0 Å². The van der Waals surface area contributed by atoms with Gasteiger partial charge in [0.2, 0.25) is 0 Å². The van der Waals surface area contributed by atoms with E-state index in [0.29, 0.717) is 16.4 Å². The van der Waals surface area contributed by atoms with Crippen molar-refractivity contribution in [2.45, 2.75) is 4.90 Å². The third-order valence-electron chi connectivity index (χ3n) is 3.83. The molecule has 4 rings (SSSR count). The van der Waals surface area contributed by atoms with E-state index in [0.717, 1.165) is 0 Å². The summed E-state index contributed by atoms with van der Waals surface area (Å²) in [5.74, 6) is 0.344. The third kappa shape index (κ3) is 2.82. The van der Waals surface area contributed by atoms with Gasteiger partial charge in [0.05, 0.1) is 15.8 Å². The van der Waals surface area contributed by atoms with Gasteiger partial charge in [-0.05, 0) is 52.9 Å². The van der Waals surface area contributed by atoms with Crippen LogP contribution in [0.5, 0.6) is 0 Å². The lowest BCUT2D eigenvalue weighted by atomic mass is 10.2. The zero-order valence-electron chi connectivity index (χ0n) is 13.2. The van der Waals surface area contributed by atoms with Gasteiger partial charge in [-0.3, -0.25) is 4.79 Å². The normalized spacial score (nSPS) is 11.7. The Morgan fingerprint density at radius 2 is 1.78 bits per heavy atom. The number of aromatic amines is 2. The quantitative estimate of drug-likeness (QED) is 0.513. The lowest BCUT2D eigenvalue weighted by molar-refractivity contribution is 0.582. The number of aromatic nitrogens is 6. The van der Waals surface area contributed by atoms with Gasteiger partial charge >= 0.3 is 5.69 Å². The molecule has 0 amide bonds. The van der Waals surface area contributed by atoms with Crippen molar-refractivity contribution >= 4 is 32.5 Å². The largest absolute Gasteiger partial charge is 0.343 e. The Balaban J connectivity index is 1.88. The first-order valence-corrected chi connectivity index (χ1v) is 9.24. The molecule has 0 aliphatic carbocycles. The highest BCUT2D eigenvalue weighted by Crippen LogP contribution is 2.19. The van der Waals surface area contributed by atoms with E-state index >= 15 is 0 Å². The minimum Gasteiger partial charge on any atom is -0.306 e. The molecule has 0 fully saturated rings. The molecule has 2 N–H and O–H groups in total. The number of rotatable bonds is 3. The Morgan fingerprint density at radius 1 is 1.04 bits per heavy atom. The molecular weight excluding hydrogens is 396 g/mol. The van der Waals surface area contributed by atoms with Crippen molar-refractivity contribution < 1.29 is 8.42 Å². The maximum Gasteiger partial charge on any atom is 0.343 e. The van der Waals surface area contributed by atoms with E-state index < -0.39 is 21.3 Å². The van der Waals surface area contributed by atoms with Crippen LogP contribution in [0.4, 0.5) is 0 Å². The van der Waals surface area contributed by atoms with Crippen molar-refractivity contribution in [2.75, 3.05) is 0 Å². The molecule has 0 unspecified atom stereocenters. The number of nitrogens with one attached hydrogen (secondary N) is 2. The standard InChI is InChI=1S/C15H9ClN6O4S/c16-9-3-6-11-12(7-9)17-15(24)22(14(11)23)27(25,26)10-4-1-8(2-5-10)13-18-20-21-19-13/h1-7H,(H,17,24)(H,18,19,20,21). The number of halogens is 1. The molecular formula is C15H9ClN6O4S. The van der Waals surface area contributed by atoms with Crippen molar-refractivity contribution in [3.05, 3.63) is 68.3 Å². The fraction of sp³-hybridized carbons (Fsp3) is 0. The van der Waals surface area contributed by atoms with Gasteiger partial charge in [0, 0.05) is 10.6 Å². The Kier molecular flexibility index (Phi) is 3.89. The summed E-state index contributed by atoms with van der Waals surface area (Å²) < 4.78 is 25.9. The van der Waals surface area contributed by atoms with Crippen LogP contribution in [0.3, 0.4) is 0 Å². The molecule has 0 aliphatic rings. The molecule has 0 bridgehead atoms. The predicted molar refractivity (Wildman–Crippen MR) is 96.0 cm³/mol. The van der Waals surface area contributed by atoms with Crippen LogP contribution >= 0.6 is 11.6 Å². The van der Waals surface area contributed by atoms with Crippen LogP contribution in [-0.4, -0.2) is 38.0 Å². The highest BCUT2D eigenvalue weighted by atomic mass is 35.5. The van der Waals surface area contributed by atoms with E-state index in [-0.39, 0.29) is 19.8 Å². The van der Waals surface area contributed by atoms with Crippen LogP contribution < -0.4 is 11.2 Å². The number of hydrogen-bond donors (Lipinski definition) is 2. The lowest BCUT2D eigenvalue weighted by Crippen LogP contribution is -2.39. The second-order valence-corrected chi connectivity index (χ2v) is 7.69. The number of nitrogens with zero attached hydrogens (tertiary/aromatic N) is 4. The van der Waals surface area contributed by atoms with E-state index in [4.69, 9.17) is 11.6 Å². The van der Waals surface area contributed by atoms with Crippen LogP contribution in [0.25, 0.3) is 22.3 Å². The molecule has 0 aliphatic heterocycles. The van der Waals surface area contributed by atoms with Gasteiger partial charge < -0.3 is 4.98 Å². The zero-order valence-corrected chi connectivity index (χ0v) is 14.8. The average Bonchev–Trinajstić information content (AvgIpc) is 3.16. The first kappa shape index (κ1) is 17.1. The summed E-state index contributed by atoms with van der Waals surface area (Å²) in [4.78, 5) is 27.0. The van der Waals surface area contributed by atoms with Gasteiger partial charge in [0.25, 0.3) is 15.6 Å². The molecule has 10 nitrogen and oxygen atoms in total. The maximum absolute atomic E-state index is 12.9. The smallest absolute Gasteiger partial charge is 0.306 e. The van der Waals surface area contributed by atoms with Crippen molar-refractivity contribution in [1.29, 1.82) is 0 Å². The predicted octanol–water partition coefficient (Wildman–Crippen LogP) is 0.760. The zero-order chi connectivity index (χ0) is 19.2. The molecule has 4 aromatic rings. The van der Waals surface area contributed by atoms with E-state index in [1.807, 2.05) is 0 Å². The van der Waals surface area contributed by atoms with Crippen LogP contribution in [-0.2, 0) is 10.0 Å². The van der Waals surface area contributed by atoms with E-state index in [1.165, 1.54) is 42.5 Å². The minimum absolute atomic E-state index is 0.0203. The monoisotopic (exact) mass is 404 g/mol. The summed E-state index contributed by atoms with van der Waals surface area (Å²) in [6.07, 6.45) is 0. The second-order valence-electron chi connectivity index (χ2n) is 5.47. The summed E-state index contributed by atoms with van der Waals surface area (Å²) in [5, 5.41) is 13.5. The summed E-state index contributed by atoms with van der Waals surface area (Å²) in [5.41, 5.74) is -1.36. The van der Waals surface area contributed by atoms with Crippen molar-refractivity contribution in [3.63, 3.8) is 0 Å². The second kappa shape index (κ2) is 6.14. The molecule has 0 saturated carbocycles. The molecule has 0 spiro atoms. The Hall–Kier alpha value is -3.31. The number of tetrazole rings is 1. The van der Waals surface area contributed by atoms with E-state index in [2.05, 4.69) is 25.6 Å². The molecule has 0 saturated heterocycles. The first-order valence-electron chi connectivity index (χ1n) is 7.42. The van der Waals surface area contributed by atoms with Gasteiger partial charge in [0.15, 0.2) is 5.82 Å². The van der Waals surface area contributed by atoms with Crippen LogP contribution in [0.1, 0.15) is 0 Å². The fourth-order valence-electron chi connectivity index (χ4n) is 2.56. The maximum atomic E-state index is 12.9. The van der Waals surface area contributed by atoms with Gasteiger partial charge in [-0.25, -0.2) is 18.3 Å². The molecule has 0 atom stereocenters. The first-order chi connectivity index (χ1) is 12.9. The average molecular weight is 405 g/mol. The molecule has 27 heavy (non-hydrogen) atoms. The number of fused-ring (bicyclic) bond motifs is 1. The Labute approximate surface area is 155 Å². The van der Waals surface area contributed by atoms with Gasteiger partial charge in [-0.15, -0.1) is 9.07 Å². The summed E-state index contributed by atoms with van der Waals surface area (Å²) >= 11 is 5.84. The molecule has 12 heteroatoms. The lowest BCUT2D eigenvalue weighted by Gasteiger charge is -2.08. The molecule has 2 aromatic heterocycles. The number of hydrogen-bond acceptors (Lipinski definition) is 7. The van der Waals surface area contributed by atoms with E-state index in [9.17, 15) is 18.0 Å². The fourth-order valence-corrected chi connectivity index (χ4v) is 4.01. The van der Waals surface area contributed by atoms with Crippen molar-refractivity contribution in [3.8, 4) is 11.4 Å². The molecule has 0 radical (unpaired) electrons. The molecule has 136 valence electrons. The summed E-state index contributed by atoms with van der Waals surface area (Å²) in [6.45, 7) is 0. The van der Waals surface area contributed by atoms with Crippen LogP contribution in [0, 0.1) is 0 Å². The minimum atomic E-state index is -4.42. The van der Waals surface area contributed by atoms with Crippen molar-refractivity contribution in [2.24, 2.45) is 0 Å².